The molecule has 0 fully saturated rings. The third kappa shape index (κ3) is 7.28. The minimum absolute atomic E-state index is 0.109. The lowest BCUT2D eigenvalue weighted by atomic mass is 10.1. The van der Waals surface area contributed by atoms with Crippen molar-refractivity contribution in [1.82, 2.24) is 10.2 Å². The highest BCUT2D eigenvalue weighted by molar-refractivity contribution is 7.92. The lowest BCUT2D eigenvalue weighted by molar-refractivity contribution is -0.140. The van der Waals surface area contributed by atoms with Crippen molar-refractivity contribution < 1.29 is 22.4 Å². The highest BCUT2D eigenvalue weighted by atomic mass is 32.2. The van der Waals surface area contributed by atoms with Gasteiger partial charge in [-0.1, -0.05) is 48.9 Å². The quantitative estimate of drug-likeness (QED) is 0.569. The van der Waals surface area contributed by atoms with E-state index in [9.17, 15) is 22.4 Å². The number of benzene rings is 2. The standard InChI is InChI=1S/C24H32FN3O4S/c1-6-21(24(30)26-17(2)3)27(15-19-13-11-18(4)12-14-19)23(29)16-28(33(5,31)32)22-10-8-7-9-20(22)25/h7-14,17,21H,6,15-16H2,1-5H3,(H,26,30). The fourth-order valence-electron chi connectivity index (χ4n) is 3.44. The SMILES string of the molecule is CCC(C(=O)NC(C)C)N(Cc1ccc(C)cc1)C(=O)CN(c1ccccc1F)S(C)(=O)=O. The van der Waals surface area contributed by atoms with Crippen LogP contribution in [0.3, 0.4) is 0 Å². The molecule has 33 heavy (non-hydrogen) atoms. The maximum atomic E-state index is 14.4. The van der Waals surface area contributed by atoms with Crippen molar-refractivity contribution in [3.63, 3.8) is 0 Å². The molecule has 0 aliphatic rings. The molecule has 1 atom stereocenters. The first kappa shape index (κ1) is 26.3. The predicted octanol–water partition coefficient (Wildman–Crippen LogP) is 3.23. The van der Waals surface area contributed by atoms with Crippen molar-refractivity contribution in [3.8, 4) is 0 Å². The summed E-state index contributed by atoms with van der Waals surface area (Å²) >= 11 is 0. The summed E-state index contributed by atoms with van der Waals surface area (Å²) < 4.78 is 40.1. The molecule has 7 nitrogen and oxygen atoms in total. The molecule has 2 amide bonds. The monoisotopic (exact) mass is 477 g/mol. The summed E-state index contributed by atoms with van der Waals surface area (Å²) in [7, 11) is -3.97. The second kappa shape index (κ2) is 11.3. The highest BCUT2D eigenvalue weighted by Gasteiger charge is 2.32. The van der Waals surface area contributed by atoms with Crippen molar-refractivity contribution in [3.05, 3.63) is 65.5 Å². The summed E-state index contributed by atoms with van der Waals surface area (Å²) in [4.78, 5) is 27.7. The second-order valence-electron chi connectivity index (χ2n) is 8.32. The Bertz CT molecular complexity index is 1070. The Balaban J connectivity index is 2.44. The summed E-state index contributed by atoms with van der Waals surface area (Å²) in [6, 6.07) is 11.9. The first-order valence-electron chi connectivity index (χ1n) is 10.8. The van der Waals surface area contributed by atoms with Gasteiger partial charge in [0.1, 0.15) is 18.4 Å². The van der Waals surface area contributed by atoms with E-state index in [1.807, 2.05) is 45.0 Å². The molecule has 0 heterocycles. The van der Waals surface area contributed by atoms with Crippen molar-refractivity contribution in [2.24, 2.45) is 0 Å². The number of carbonyl (C=O) groups excluding carboxylic acids is 2. The molecule has 0 saturated carbocycles. The Morgan fingerprint density at radius 2 is 1.67 bits per heavy atom. The molecular formula is C24H32FN3O4S. The van der Waals surface area contributed by atoms with Gasteiger partial charge in [-0.3, -0.25) is 13.9 Å². The number of nitrogens with one attached hydrogen (secondary N) is 1. The van der Waals surface area contributed by atoms with Gasteiger partial charge >= 0.3 is 0 Å². The van der Waals surface area contributed by atoms with Gasteiger partial charge in [0.15, 0.2) is 0 Å². The van der Waals surface area contributed by atoms with Crippen LogP contribution in [0.4, 0.5) is 10.1 Å². The molecule has 2 aromatic rings. The van der Waals surface area contributed by atoms with Gasteiger partial charge in [-0.15, -0.1) is 0 Å². The van der Waals surface area contributed by atoms with Gasteiger partial charge in [-0.25, -0.2) is 12.8 Å². The summed E-state index contributed by atoms with van der Waals surface area (Å²) in [6.07, 6.45) is 1.24. The Morgan fingerprint density at radius 3 is 2.18 bits per heavy atom. The normalized spacial score (nSPS) is 12.3. The Labute approximate surface area is 195 Å². The topological polar surface area (TPSA) is 86.8 Å². The lowest BCUT2D eigenvalue weighted by Gasteiger charge is -2.33. The molecule has 9 heteroatoms. The first-order valence-corrected chi connectivity index (χ1v) is 12.7. The number of amides is 2. The summed E-state index contributed by atoms with van der Waals surface area (Å²) in [5.74, 6) is -1.69. The molecule has 1 N–H and O–H groups in total. The summed E-state index contributed by atoms with van der Waals surface area (Å²) in [5, 5.41) is 2.82. The van der Waals surface area contributed by atoms with E-state index in [1.54, 1.807) is 6.92 Å². The number of nitrogens with zero attached hydrogens (tertiary/aromatic N) is 2. The molecule has 0 radical (unpaired) electrons. The number of hydrogen-bond donors (Lipinski definition) is 1. The Kier molecular flexibility index (Phi) is 8.99. The van der Waals surface area contributed by atoms with Crippen molar-refractivity contribution in [2.45, 2.75) is 52.7 Å². The molecule has 0 aliphatic carbocycles. The van der Waals surface area contributed by atoms with Crippen molar-refractivity contribution in [2.75, 3.05) is 17.1 Å². The molecule has 2 aromatic carbocycles. The van der Waals surface area contributed by atoms with E-state index in [4.69, 9.17) is 0 Å². The van der Waals surface area contributed by atoms with Crippen LogP contribution in [0, 0.1) is 12.7 Å². The van der Waals surface area contributed by atoms with Crippen LogP contribution < -0.4 is 9.62 Å². The van der Waals surface area contributed by atoms with Gasteiger partial charge in [0, 0.05) is 12.6 Å². The molecule has 2 rings (SSSR count). The smallest absolute Gasteiger partial charge is 0.244 e. The average Bonchev–Trinajstić information content (AvgIpc) is 2.72. The number of para-hydroxylation sites is 1. The van der Waals surface area contributed by atoms with Crippen LogP contribution in [0.2, 0.25) is 0 Å². The molecule has 180 valence electrons. The van der Waals surface area contributed by atoms with Crippen LogP contribution in [0.15, 0.2) is 48.5 Å². The number of sulfonamides is 1. The molecule has 0 spiro atoms. The molecular weight excluding hydrogens is 445 g/mol. The van der Waals surface area contributed by atoms with E-state index < -0.39 is 34.3 Å². The molecule has 0 aliphatic heterocycles. The third-order valence-electron chi connectivity index (χ3n) is 5.09. The van der Waals surface area contributed by atoms with Gasteiger partial charge in [0.05, 0.1) is 11.9 Å². The van der Waals surface area contributed by atoms with Crippen LogP contribution in [0.5, 0.6) is 0 Å². The fraction of sp³-hybridized carbons (Fsp3) is 0.417. The number of anilines is 1. The number of halogens is 1. The fourth-order valence-corrected chi connectivity index (χ4v) is 4.29. The van der Waals surface area contributed by atoms with E-state index in [1.165, 1.54) is 23.1 Å². The zero-order valence-corrected chi connectivity index (χ0v) is 20.5. The second-order valence-corrected chi connectivity index (χ2v) is 10.2. The zero-order valence-electron chi connectivity index (χ0n) is 19.7. The minimum Gasteiger partial charge on any atom is -0.352 e. The predicted molar refractivity (Wildman–Crippen MR) is 128 cm³/mol. The first-order chi connectivity index (χ1) is 15.4. The van der Waals surface area contributed by atoms with E-state index in [0.717, 1.165) is 27.8 Å². The molecule has 0 bridgehead atoms. The molecule has 0 aromatic heterocycles. The Hall–Kier alpha value is -2.94. The van der Waals surface area contributed by atoms with Crippen molar-refractivity contribution >= 4 is 27.5 Å². The van der Waals surface area contributed by atoms with Gasteiger partial charge < -0.3 is 10.2 Å². The molecule has 1 unspecified atom stereocenters. The maximum Gasteiger partial charge on any atom is 0.244 e. The van der Waals surface area contributed by atoms with Gasteiger partial charge in [-0.05, 0) is 44.9 Å². The third-order valence-corrected chi connectivity index (χ3v) is 6.22. The van der Waals surface area contributed by atoms with Crippen LogP contribution in [-0.4, -0.2) is 50.0 Å². The van der Waals surface area contributed by atoms with Crippen LogP contribution in [0.25, 0.3) is 0 Å². The van der Waals surface area contributed by atoms with Crippen LogP contribution >= 0.6 is 0 Å². The maximum absolute atomic E-state index is 14.4. The zero-order chi connectivity index (χ0) is 24.8. The average molecular weight is 478 g/mol. The van der Waals surface area contributed by atoms with Crippen molar-refractivity contribution in [1.29, 1.82) is 0 Å². The van der Waals surface area contributed by atoms with E-state index in [2.05, 4.69) is 5.32 Å². The number of rotatable bonds is 10. The number of aryl methyl sites for hydroxylation is 1. The van der Waals surface area contributed by atoms with E-state index in [0.29, 0.717) is 6.42 Å². The lowest BCUT2D eigenvalue weighted by Crippen LogP contribution is -2.53. The van der Waals surface area contributed by atoms with Gasteiger partial charge in [0.25, 0.3) is 0 Å². The van der Waals surface area contributed by atoms with Gasteiger partial charge in [-0.2, -0.15) is 0 Å². The van der Waals surface area contributed by atoms with Crippen LogP contribution in [0.1, 0.15) is 38.3 Å². The number of carbonyl (C=O) groups is 2. The summed E-state index contributed by atoms with van der Waals surface area (Å²) in [6.45, 7) is 6.84. The van der Waals surface area contributed by atoms with E-state index >= 15 is 0 Å². The van der Waals surface area contributed by atoms with Gasteiger partial charge in [0.2, 0.25) is 21.8 Å². The Morgan fingerprint density at radius 1 is 1.06 bits per heavy atom. The molecule has 0 saturated heterocycles. The minimum atomic E-state index is -3.97. The summed E-state index contributed by atoms with van der Waals surface area (Å²) in [5.41, 5.74) is 1.62. The largest absolute Gasteiger partial charge is 0.352 e. The number of hydrogen-bond acceptors (Lipinski definition) is 4. The highest BCUT2D eigenvalue weighted by Crippen LogP contribution is 2.22. The van der Waals surface area contributed by atoms with E-state index in [-0.39, 0.29) is 24.2 Å². The van der Waals surface area contributed by atoms with Crippen LogP contribution in [-0.2, 0) is 26.2 Å².